The Morgan fingerprint density at radius 1 is 1.56 bits per heavy atom. The highest BCUT2D eigenvalue weighted by atomic mass is 15.3. The lowest BCUT2D eigenvalue weighted by Crippen LogP contribution is -2.28. The van der Waals surface area contributed by atoms with Crippen LogP contribution in [0.3, 0.4) is 0 Å². The molecule has 0 amide bonds. The van der Waals surface area contributed by atoms with E-state index in [-0.39, 0.29) is 6.04 Å². The molecule has 1 aliphatic carbocycles. The van der Waals surface area contributed by atoms with Crippen LogP contribution in [0.4, 0.5) is 0 Å². The molecule has 4 heteroatoms. The number of hydrogen-bond acceptors (Lipinski definition) is 3. The van der Waals surface area contributed by atoms with Crippen molar-refractivity contribution in [1.82, 2.24) is 15.2 Å². The molecule has 1 fully saturated rings. The SMILES string of the molecule is Cn1cc(C(CCC2CCCC2)NN)cn1. The van der Waals surface area contributed by atoms with Crippen molar-refractivity contribution < 1.29 is 0 Å². The highest BCUT2D eigenvalue weighted by molar-refractivity contribution is 5.09. The molecule has 0 saturated heterocycles. The monoisotopic (exact) mass is 222 g/mol. The van der Waals surface area contributed by atoms with Crippen LogP contribution in [0.15, 0.2) is 12.4 Å². The Bertz CT molecular complexity index is 315. The van der Waals surface area contributed by atoms with Gasteiger partial charge in [-0.3, -0.25) is 16.0 Å². The molecule has 1 unspecified atom stereocenters. The molecule has 0 aromatic carbocycles. The van der Waals surface area contributed by atoms with Crippen molar-refractivity contribution in [3.05, 3.63) is 18.0 Å². The summed E-state index contributed by atoms with van der Waals surface area (Å²) < 4.78 is 1.83. The van der Waals surface area contributed by atoms with Crippen molar-refractivity contribution >= 4 is 0 Å². The standard InChI is InChI=1S/C12H22N4/c1-16-9-11(8-14-16)12(15-13)7-6-10-4-2-3-5-10/h8-10,12,15H,2-7,13H2,1H3. The van der Waals surface area contributed by atoms with Crippen LogP contribution in [0.25, 0.3) is 0 Å². The Hall–Kier alpha value is -0.870. The van der Waals surface area contributed by atoms with Crippen molar-refractivity contribution in [1.29, 1.82) is 0 Å². The first kappa shape index (κ1) is 11.6. The molecule has 1 aromatic rings. The van der Waals surface area contributed by atoms with Crippen molar-refractivity contribution in [2.24, 2.45) is 18.8 Å². The van der Waals surface area contributed by atoms with E-state index in [9.17, 15) is 0 Å². The van der Waals surface area contributed by atoms with Crippen LogP contribution >= 0.6 is 0 Å². The summed E-state index contributed by atoms with van der Waals surface area (Å²) in [5.41, 5.74) is 4.10. The number of aryl methyl sites for hydroxylation is 1. The Labute approximate surface area is 97.2 Å². The largest absolute Gasteiger partial charge is 0.275 e. The second-order valence-electron chi connectivity index (χ2n) is 4.89. The maximum Gasteiger partial charge on any atom is 0.0538 e. The second kappa shape index (κ2) is 5.46. The lowest BCUT2D eigenvalue weighted by molar-refractivity contribution is 0.416. The minimum absolute atomic E-state index is 0.259. The molecule has 0 spiro atoms. The Balaban J connectivity index is 1.85. The van der Waals surface area contributed by atoms with Gasteiger partial charge in [-0.1, -0.05) is 25.7 Å². The summed E-state index contributed by atoms with van der Waals surface area (Å²) in [5, 5.41) is 4.19. The predicted octanol–water partition coefficient (Wildman–Crippen LogP) is 1.89. The number of hydrazine groups is 1. The van der Waals surface area contributed by atoms with E-state index in [1.807, 2.05) is 24.1 Å². The van der Waals surface area contributed by atoms with E-state index >= 15 is 0 Å². The normalized spacial score (nSPS) is 19.1. The lowest BCUT2D eigenvalue weighted by atomic mass is 9.96. The Kier molecular flexibility index (Phi) is 3.96. The number of nitrogens with two attached hydrogens (primary N) is 1. The van der Waals surface area contributed by atoms with Crippen LogP contribution in [-0.2, 0) is 7.05 Å². The molecule has 1 atom stereocenters. The number of rotatable bonds is 5. The maximum atomic E-state index is 5.61. The fourth-order valence-corrected chi connectivity index (χ4v) is 2.67. The van der Waals surface area contributed by atoms with Gasteiger partial charge in [0.15, 0.2) is 0 Å². The number of nitrogens with zero attached hydrogens (tertiary/aromatic N) is 2. The van der Waals surface area contributed by atoms with E-state index in [1.165, 1.54) is 37.7 Å². The quantitative estimate of drug-likeness (QED) is 0.591. The zero-order chi connectivity index (χ0) is 11.4. The lowest BCUT2D eigenvalue weighted by Gasteiger charge is -2.16. The fourth-order valence-electron chi connectivity index (χ4n) is 2.67. The number of hydrogen-bond donors (Lipinski definition) is 2. The zero-order valence-electron chi connectivity index (χ0n) is 10.0. The Morgan fingerprint density at radius 2 is 2.31 bits per heavy atom. The summed E-state index contributed by atoms with van der Waals surface area (Å²) in [5.74, 6) is 6.54. The van der Waals surface area contributed by atoms with Gasteiger partial charge in [0.2, 0.25) is 0 Å². The fraction of sp³-hybridized carbons (Fsp3) is 0.750. The molecule has 3 N–H and O–H groups in total. The first-order valence-corrected chi connectivity index (χ1v) is 6.24. The minimum atomic E-state index is 0.259. The first-order chi connectivity index (χ1) is 7.79. The van der Waals surface area contributed by atoms with Gasteiger partial charge in [-0.15, -0.1) is 0 Å². The van der Waals surface area contributed by atoms with Gasteiger partial charge in [0.05, 0.1) is 6.20 Å². The molecule has 90 valence electrons. The summed E-state index contributed by atoms with van der Waals surface area (Å²) in [4.78, 5) is 0. The summed E-state index contributed by atoms with van der Waals surface area (Å²) in [6.45, 7) is 0. The maximum absolute atomic E-state index is 5.61. The highest BCUT2D eigenvalue weighted by Gasteiger charge is 2.18. The van der Waals surface area contributed by atoms with Crippen molar-refractivity contribution in [2.45, 2.75) is 44.6 Å². The van der Waals surface area contributed by atoms with E-state index in [1.54, 1.807) is 0 Å². The van der Waals surface area contributed by atoms with Gasteiger partial charge in [-0.25, -0.2) is 0 Å². The van der Waals surface area contributed by atoms with Crippen molar-refractivity contribution in [3.8, 4) is 0 Å². The van der Waals surface area contributed by atoms with Crippen LogP contribution in [-0.4, -0.2) is 9.78 Å². The molecule has 4 nitrogen and oxygen atoms in total. The minimum Gasteiger partial charge on any atom is -0.275 e. The molecule has 1 saturated carbocycles. The average molecular weight is 222 g/mol. The smallest absolute Gasteiger partial charge is 0.0538 e. The van der Waals surface area contributed by atoms with Gasteiger partial charge in [0.1, 0.15) is 0 Å². The van der Waals surface area contributed by atoms with Crippen LogP contribution in [0, 0.1) is 5.92 Å². The summed E-state index contributed by atoms with van der Waals surface area (Å²) in [6, 6.07) is 0.259. The third kappa shape index (κ3) is 2.83. The van der Waals surface area contributed by atoms with Gasteiger partial charge < -0.3 is 0 Å². The molecule has 16 heavy (non-hydrogen) atoms. The van der Waals surface area contributed by atoms with Crippen molar-refractivity contribution in [3.63, 3.8) is 0 Å². The van der Waals surface area contributed by atoms with E-state index in [0.29, 0.717) is 0 Å². The van der Waals surface area contributed by atoms with E-state index in [2.05, 4.69) is 10.5 Å². The third-order valence-corrected chi connectivity index (χ3v) is 3.67. The summed E-state index contributed by atoms with van der Waals surface area (Å²) in [6.07, 6.45) is 12.0. The van der Waals surface area contributed by atoms with Gasteiger partial charge in [-0.05, 0) is 18.8 Å². The van der Waals surface area contributed by atoms with Gasteiger partial charge in [0.25, 0.3) is 0 Å². The summed E-state index contributed by atoms with van der Waals surface area (Å²) in [7, 11) is 1.94. The van der Waals surface area contributed by atoms with Crippen molar-refractivity contribution in [2.75, 3.05) is 0 Å². The van der Waals surface area contributed by atoms with Gasteiger partial charge >= 0.3 is 0 Å². The molecule has 2 rings (SSSR count). The van der Waals surface area contributed by atoms with Crippen LogP contribution in [0.2, 0.25) is 0 Å². The van der Waals surface area contributed by atoms with Crippen LogP contribution in [0.1, 0.15) is 50.1 Å². The van der Waals surface area contributed by atoms with E-state index in [4.69, 9.17) is 5.84 Å². The highest BCUT2D eigenvalue weighted by Crippen LogP contribution is 2.31. The van der Waals surface area contributed by atoms with E-state index < -0.39 is 0 Å². The molecular formula is C12H22N4. The third-order valence-electron chi connectivity index (χ3n) is 3.67. The molecule has 0 bridgehead atoms. The molecule has 0 radical (unpaired) electrons. The molecule has 1 heterocycles. The zero-order valence-corrected chi connectivity index (χ0v) is 10.0. The Morgan fingerprint density at radius 3 is 2.88 bits per heavy atom. The van der Waals surface area contributed by atoms with Crippen LogP contribution in [0.5, 0.6) is 0 Å². The average Bonchev–Trinajstić information content (AvgIpc) is 2.91. The van der Waals surface area contributed by atoms with E-state index in [0.717, 1.165) is 12.3 Å². The topological polar surface area (TPSA) is 55.9 Å². The number of aromatic nitrogens is 2. The number of nitrogens with one attached hydrogen (secondary N) is 1. The molecular weight excluding hydrogens is 200 g/mol. The molecule has 1 aliphatic rings. The van der Waals surface area contributed by atoms with Gasteiger partial charge in [0, 0.05) is 24.8 Å². The molecule has 1 aromatic heterocycles. The first-order valence-electron chi connectivity index (χ1n) is 6.24. The van der Waals surface area contributed by atoms with Crippen LogP contribution < -0.4 is 11.3 Å². The summed E-state index contributed by atoms with van der Waals surface area (Å²) >= 11 is 0. The van der Waals surface area contributed by atoms with Gasteiger partial charge in [-0.2, -0.15) is 5.10 Å². The second-order valence-corrected chi connectivity index (χ2v) is 4.89. The predicted molar refractivity (Wildman–Crippen MR) is 64.5 cm³/mol. The molecule has 0 aliphatic heterocycles.